The van der Waals surface area contributed by atoms with Crippen molar-refractivity contribution in [2.45, 2.75) is 17.7 Å². The third kappa shape index (κ3) is 2.92. The van der Waals surface area contributed by atoms with Crippen molar-refractivity contribution >= 4 is 27.3 Å². The number of hydrogen-bond acceptors (Lipinski definition) is 3. The molecule has 1 aliphatic heterocycles. The fraction of sp³-hybridized carbons (Fsp3) is 0.188. The van der Waals surface area contributed by atoms with Crippen LogP contribution in [0.1, 0.15) is 12.0 Å². The number of fused-ring (bicyclic) bond motifs is 1. The molecule has 1 N–H and O–H groups in total. The molecule has 120 valence electrons. The summed E-state index contributed by atoms with van der Waals surface area (Å²) in [6.07, 6.45) is 0.931. The number of carbonyl (C=O) groups excluding carboxylic acids is 1. The van der Waals surface area contributed by atoms with E-state index in [9.17, 15) is 17.6 Å². The van der Waals surface area contributed by atoms with E-state index in [2.05, 4.69) is 4.72 Å². The second-order valence-corrected chi connectivity index (χ2v) is 6.98. The number of nitrogens with one attached hydrogen (secondary N) is 1. The average Bonchev–Trinajstić information content (AvgIpc) is 2.51. The number of nitrogens with zero attached hydrogens (tertiary/aromatic N) is 1. The van der Waals surface area contributed by atoms with Crippen molar-refractivity contribution in [1.82, 2.24) is 0 Å². The molecule has 23 heavy (non-hydrogen) atoms. The molecule has 1 aliphatic rings. The maximum absolute atomic E-state index is 13.7. The summed E-state index contributed by atoms with van der Waals surface area (Å²) >= 11 is 0. The first-order chi connectivity index (χ1) is 10.9. The van der Waals surface area contributed by atoms with Gasteiger partial charge in [-0.15, -0.1) is 0 Å². The van der Waals surface area contributed by atoms with Gasteiger partial charge in [-0.3, -0.25) is 9.52 Å². The Labute approximate surface area is 133 Å². The first-order valence-electron chi connectivity index (χ1n) is 7.05. The highest BCUT2D eigenvalue weighted by atomic mass is 32.2. The molecule has 0 bridgehead atoms. The highest BCUT2D eigenvalue weighted by Gasteiger charge is 2.23. The van der Waals surface area contributed by atoms with Crippen molar-refractivity contribution in [3.63, 3.8) is 0 Å². The summed E-state index contributed by atoms with van der Waals surface area (Å²) in [6, 6.07) is 10.1. The molecule has 0 aliphatic carbocycles. The van der Waals surface area contributed by atoms with Gasteiger partial charge in [0.25, 0.3) is 10.0 Å². The number of aryl methyl sites for hydroxylation is 1. The van der Waals surface area contributed by atoms with E-state index in [-0.39, 0.29) is 5.91 Å². The van der Waals surface area contributed by atoms with Crippen molar-refractivity contribution in [2.24, 2.45) is 0 Å². The highest BCUT2D eigenvalue weighted by molar-refractivity contribution is 7.92. The van der Waals surface area contributed by atoms with Gasteiger partial charge in [0, 0.05) is 24.8 Å². The van der Waals surface area contributed by atoms with Crippen molar-refractivity contribution in [3.05, 3.63) is 53.8 Å². The lowest BCUT2D eigenvalue weighted by Crippen LogP contribution is -2.31. The summed E-state index contributed by atoms with van der Waals surface area (Å²) in [4.78, 5) is 12.8. The molecule has 0 saturated heterocycles. The molecule has 0 atom stereocenters. The summed E-state index contributed by atoms with van der Waals surface area (Å²) in [5.74, 6) is -0.777. The van der Waals surface area contributed by atoms with E-state index in [1.807, 2.05) is 0 Å². The summed E-state index contributed by atoms with van der Waals surface area (Å²) in [6.45, 7) is 0. The number of carbonyl (C=O) groups is 1. The SMILES string of the molecule is CN1C(=O)CCc2cc(NS(=O)(=O)c3ccccc3F)ccc21. The minimum absolute atomic E-state index is 0.0252. The Morgan fingerprint density at radius 1 is 1.13 bits per heavy atom. The van der Waals surface area contributed by atoms with Crippen LogP contribution in [0.25, 0.3) is 0 Å². The van der Waals surface area contributed by atoms with Crippen LogP contribution < -0.4 is 9.62 Å². The van der Waals surface area contributed by atoms with Gasteiger partial charge in [0.15, 0.2) is 0 Å². The minimum atomic E-state index is -4.00. The molecule has 0 saturated carbocycles. The molecule has 5 nitrogen and oxygen atoms in total. The quantitative estimate of drug-likeness (QED) is 0.938. The number of halogens is 1. The van der Waals surface area contributed by atoms with Crippen LogP contribution in [-0.4, -0.2) is 21.4 Å². The Kier molecular flexibility index (Phi) is 3.81. The lowest BCUT2D eigenvalue weighted by Gasteiger charge is -2.26. The molecule has 2 aromatic rings. The summed E-state index contributed by atoms with van der Waals surface area (Å²) in [5, 5.41) is 0. The van der Waals surface area contributed by atoms with Crippen molar-refractivity contribution in [3.8, 4) is 0 Å². The van der Waals surface area contributed by atoms with E-state index in [0.717, 1.165) is 17.3 Å². The predicted molar refractivity (Wildman–Crippen MR) is 85.4 cm³/mol. The van der Waals surface area contributed by atoms with Gasteiger partial charge in [0.2, 0.25) is 5.91 Å². The second kappa shape index (κ2) is 5.66. The van der Waals surface area contributed by atoms with Gasteiger partial charge < -0.3 is 4.90 Å². The van der Waals surface area contributed by atoms with Crippen LogP contribution in [0.5, 0.6) is 0 Å². The average molecular weight is 334 g/mol. The van der Waals surface area contributed by atoms with Gasteiger partial charge in [0.1, 0.15) is 10.7 Å². The van der Waals surface area contributed by atoms with E-state index >= 15 is 0 Å². The summed E-state index contributed by atoms with van der Waals surface area (Å²) in [5.41, 5.74) is 1.98. The minimum Gasteiger partial charge on any atom is -0.315 e. The lowest BCUT2D eigenvalue weighted by atomic mass is 10.0. The molecule has 2 aromatic carbocycles. The molecule has 3 rings (SSSR count). The van der Waals surface area contributed by atoms with Gasteiger partial charge in [-0.2, -0.15) is 0 Å². The molecular weight excluding hydrogens is 319 g/mol. The zero-order chi connectivity index (χ0) is 16.6. The Hall–Kier alpha value is -2.41. The first-order valence-corrected chi connectivity index (χ1v) is 8.53. The third-order valence-corrected chi connectivity index (χ3v) is 5.22. The standard InChI is InChI=1S/C16H15FN2O3S/c1-19-14-8-7-12(10-11(14)6-9-16(19)20)18-23(21,22)15-5-3-2-4-13(15)17/h2-5,7-8,10,18H,6,9H2,1H3. The van der Waals surface area contributed by atoms with E-state index in [4.69, 9.17) is 0 Å². The van der Waals surface area contributed by atoms with Gasteiger partial charge in [0.05, 0.1) is 0 Å². The monoisotopic (exact) mass is 334 g/mol. The maximum atomic E-state index is 13.7. The van der Waals surface area contributed by atoms with Crippen molar-refractivity contribution in [1.29, 1.82) is 0 Å². The maximum Gasteiger partial charge on any atom is 0.264 e. The normalized spacial score (nSPS) is 14.5. The fourth-order valence-corrected chi connectivity index (χ4v) is 3.72. The zero-order valence-corrected chi connectivity index (χ0v) is 13.2. The fourth-order valence-electron chi connectivity index (χ4n) is 2.59. The number of rotatable bonds is 3. The topological polar surface area (TPSA) is 66.5 Å². The largest absolute Gasteiger partial charge is 0.315 e. The molecule has 0 unspecified atom stereocenters. The van der Waals surface area contributed by atoms with Crippen LogP contribution in [0.3, 0.4) is 0 Å². The molecule has 1 amide bonds. The molecule has 0 aromatic heterocycles. The van der Waals surface area contributed by atoms with Gasteiger partial charge in [-0.25, -0.2) is 12.8 Å². The van der Waals surface area contributed by atoms with Gasteiger partial charge in [-0.05, 0) is 42.3 Å². The van der Waals surface area contributed by atoms with Gasteiger partial charge >= 0.3 is 0 Å². The van der Waals surface area contributed by atoms with Crippen molar-refractivity contribution in [2.75, 3.05) is 16.7 Å². The number of benzene rings is 2. The Balaban J connectivity index is 1.92. The van der Waals surface area contributed by atoms with Crippen LogP contribution in [0, 0.1) is 5.82 Å². The number of hydrogen-bond donors (Lipinski definition) is 1. The Morgan fingerprint density at radius 3 is 2.61 bits per heavy atom. The first kappa shape index (κ1) is 15.5. The molecule has 7 heteroatoms. The molecular formula is C16H15FN2O3S. The van der Waals surface area contributed by atoms with Crippen LogP contribution in [0.4, 0.5) is 15.8 Å². The highest BCUT2D eigenvalue weighted by Crippen LogP contribution is 2.30. The van der Waals surface area contributed by atoms with E-state index < -0.39 is 20.7 Å². The number of sulfonamides is 1. The van der Waals surface area contributed by atoms with Gasteiger partial charge in [-0.1, -0.05) is 12.1 Å². The smallest absolute Gasteiger partial charge is 0.264 e. The second-order valence-electron chi connectivity index (χ2n) is 5.33. The van der Waals surface area contributed by atoms with E-state index in [0.29, 0.717) is 18.5 Å². The number of amides is 1. The van der Waals surface area contributed by atoms with Crippen LogP contribution in [0.15, 0.2) is 47.4 Å². The van der Waals surface area contributed by atoms with Crippen molar-refractivity contribution < 1.29 is 17.6 Å². The zero-order valence-electron chi connectivity index (χ0n) is 12.4. The van der Waals surface area contributed by atoms with Crippen LogP contribution in [0.2, 0.25) is 0 Å². The van der Waals surface area contributed by atoms with Crippen LogP contribution in [-0.2, 0) is 21.2 Å². The number of anilines is 2. The molecule has 1 heterocycles. The summed E-state index contributed by atoms with van der Waals surface area (Å²) < 4.78 is 40.7. The van der Waals surface area contributed by atoms with E-state index in [1.54, 1.807) is 30.1 Å². The van der Waals surface area contributed by atoms with Crippen LogP contribution >= 0.6 is 0 Å². The Bertz CT molecular complexity index is 881. The Morgan fingerprint density at radius 2 is 1.87 bits per heavy atom. The molecule has 0 spiro atoms. The lowest BCUT2D eigenvalue weighted by molar-refractivity contribution is -0.118. The molecule has 0 fully saturated rings. The molecule has 0 radical (unpaired) electrons. The predicted octanol–water partition coefficient (Wildman–Crippen LogP) is 2.54. The third-order valence-electron chi connectivity index (χ3n) is 3.80. The summed E-state index contributed by atoms with van der Waals surface area (Å²) in [7, 11) is -2.32. The van der Waals surface area contributed by atoms with E-state index in [1.165, 1.54) is 18.2 Å².